The first kappa shape index (κ1) is 14.2. The highest BCUT2D eigenvalue weighted by molar-refractivity contribution is 9.10. The second-order valence-electron chi connectivity index (χ2n) is 3.87. The average Bonchev–Trinajstić information content (AvgIpc) is 2.33. The number of nitrogens with zero attached hydrogens (tertiary/aromatic N) is 1. The van der Waals surface area contributed by atoms with E-state index in [-0.39, 0.29) is 15.8 Å². The SMILES string of the molecule is Nc1cccc(Nc2c(F)cc(Br)cc2F)c1[N+](=O)[O-]. The Morgan fingerprint density at radius 3 is 2.40 bits per heavy atom. The van der Waals surface area contributed by atoms with Crippen LogP contribution in [0.1, 0.15) is 0 Å². The van der Waals surface area contributed by atoms with Gasteiger partial charge < -0.3 is 11.1 Å². The van der Waals surface area contributed by atoms with E-state index in [1.807, 2.05) is 0 Å². The molecule has 8 heteroatoms. The zero-order valence-corrected chi connectivity index (χ0v) is 11.4. The summed E-state index contributed by atoms with van der Waals surface area (Å²) in [5.41, 5.74) is 4.39. The molecular formula is C12H8BrF2N3O2. The standard InChI is InChI=1S/C12H8BrF2N3O2/c13-6-4-7(14)11(8(15)5-6)17-10-3-1-2-9(16)12(10)18(19)20/h1-5,17H,16H2. The summed E-state index contributed by atoms with van der Waals surface area (Å²) in [6.07, 6.45) is 0. The summed E-state index contributed by atoms with van der Waals surface area (Å²) in [7, 11) is 0. The van der Waals surface area contributed by atoms with Crippen LogP contribution < -0.4 is 11.1 Å². The van der Waals surface area contributed by atoms with E-state index >= 15 is 0 Å². The van der Waals surface area contributed by atoms with E-state index in [2.05, 4.69) is 21.2 Å². The molecule has 0 saturated heterocycles. The van der Waals surface area contributed by atoms with Gasteiger partial charge in [0.1, 0.15) is 17.1 Å². The third kappa shape index (κ3) is 2.69. The predicted octanol–water partition coefficient (Wildman–Crippen LogP) is 3.96. The molecule has 3 N–H and O–H groups in total. The number of nitro benzene ring substituents is 1. The first-order valence-electron chi connectivity index (χ1n) is 5.34. The normalized spacial score (nSPS) is 10.3. The summed E-state index contributed by atoms with van der Waals surface area (Å²) in [6, 6.07) is 6.18. The second kappa shape index (κ2) is 5.41. The monoisotopic (exact) mass is 343 g/mol. The van der Waals surface area contributed by atoms with E-state index in [4.69, 9.17) is 5.73 Å². The molecule has 0 aliphatic rings. The van der Waals surface area contributed by atoms with Crippen molar-refractivity contribution >= 4 is 38.7 Å². The first-order valence-corrected chi connectivity index (χ1v) is 6.14. The van der Waals surface area contributed by atoms with Gasteiger partial charge in [0.15, 0.2) is 11.6 Å². The van der Waals surface area contributed by atoms with Crippen molar-refractivity contribution < 1.29 is 13.7 Å². The Labute approximate surface area is 120 Å². The third-order valence-electron chi connectivity index (χ3n) is 2.52. The molecule has 2 rings (SSSR count). The zero-order valence-electron chi connectivity index (χ0n) is 9.86. The fourth-order valence-electron chi connectivity index (χ4n) is 1.66. The van der Waals surface area contributed by atoms with Crippen LogP contribution in [0, 0.1) is 21.7 Å². The number of benzene rings is 2. The number of nitrogen functional groups attached to an aromatic ring is 1. The molecule has 104 valence electrons. The van der Waals surface area contributed by atoms with Gasteiger partial charge in [-0.3, -0.25) is 10.1 Å². The van der Waals surface area contributed by atoms with E-state index in [1.54, 1.807) is 0 Å². The fraction of sp³-hybridized carbons (Fsp3) is 0. The smallest absolute Gasteiger partial charge is 0.315 e. The molecule has 0 heterocycles. The first-order chi connectivity index (χ1) is 9.40. The maximum Gasteiger partial charge on any atom is 0.315 e. The Hall–Kier alpha value is -2.22. The van der Waals surface area contributed by atoms with Gasteiger partial charge in [0, 0.05) is 4.47 Å². The minimum Gasteiger partial charge on any atom is -0.393 e. The summed E-state index contributed by atoms with van der Waals surface area (Å²) in [4.78, 5) is 10.2. The number of halogens is 3. The zero-order chi connectivity index (χ0) is 14.9. The molecule has 0 aliphatic heterocycles. The molecule has 0 aliphatic carbocycles. The maximum atomic E-state index is 13.7. The topological polar surface area (TPSA) is 81.2 Å². The van der Waals surface area contributed by atoms with E-state index in [0.717, 1.165) is 12.1 Å². The van der Waals surface area contributed by atoms with E-state index in [0.29, 0.717) is 0 Å². The van der Waals surface area contributed by atoms with Crippen molar-refractivity contribution in [1.82, 2.24) is 0 Å². The number of hydrogen-bond donors (Lipinski definition) is 2. The van der Waals surface area contributed by atoms with Crippen LogP contribution in [-0.2, 0) is 0 Å². The van der Waals surface area contributed by atoms with Crippen molar-refractivity contribution in [3.63, 3.8) is 0 Å². The van der Waals surface area contributed by atoms with Gasteiger partial charge in [-0.05, 0) is 24.3 Å². The minimum atomic E-state index is -0.881. The number of nitro groups is 1. The van der Waals surface area contributed by atoms with Crippen LogP contribution in [0.5, 0.6) is 0 Å². The molecular weight excluding hydrogens is 336 g/mol. The number of rotatable bonds is 3. The lowest BCUT2D eigenvalue weighted by Crippen LogP contribution is -2.03. The van der Waals surface area contributed by atoms with Gasteiger partial charge >= 0.3 is 5.69 Å². The Kier molecular flexibility index (Phi) is 3.84. The molecule has 0 atom stereocenters. The molecule has 2 aromatic rings. The summed E-state index contributed by atoms with van der Waals surface area (Å²) < 4.78 is 27.6. The summed E-state index contributed by atoms with van der Waals surface area (Å²) in [5.74, 6) is -1.76. The lowest BCUT2D eigenvalue weighted by atomic mass is 10.2. The highest BCUT2D eigenvalue weighted by Crippen LogP contribution is 2.34. The molecule has 0 amide bonds. The number of nitrogens with one attached hydrogen (secondary N) is 1. The maximum absolute atomic E-state index is 13.7. The van der Waals surface area contributed by atoms with Gasteiger partial charge in [-0.15, -0.1) is 0 Å². The quantitative estimate of drug-likeness (QED) is 0.502. The molecule has 0 spiro atoms. The molecule has 0 fully saturated rings. The van der Waals surface area contributed by atoms with Crippen molar-refractivity contribution in [2.75, 3.05) is 11.1 Å². The molecule has 2 aromatic carbocycles. The van der Waals surface area contributed by atoms with Crippen molar-refractivity contribution in [3.8, 4) is 0 Å². The van der Waals surface area contributed by atoms with Crippen LogP contribution in [0.15, 0.2) is 34.8 Å². The summed E-state index contributed by atoms with van der Waals surface area (Å²) in [5, 5.41) is 13.3. The van der Waals surface area contributed by atoms with Gasteiger partial charge in [-0.25, -0.2) is 8.78 Å². The predicted molar refractivity (Wildman–Crippen MR) is 74.8 cm³/mol. The van der Waals surface area contributed by atoms with Crippen LogP contribution in [0.4, 0.5) is 31.5 Å². The van der Waals surface area contributed by atoms with Crippen molar-refractivity contribution in [3.05, 3.63) is 56.6 Å². The fourth-order valence-corrected chi connectivity index (χ4v) is 2.06. The lowest BCUT2D eigenvalue weighted by Gasteiger charge is -2.10. The molecule has 0 saturated carbocycles. The van der Waals surface area contributed by atoms with Gasteiger partial charge in [0.2, 0.25) is 0 Å². The van der Waals surface area contributed by atoms with Gasteiger partial charge in [0.25, 0.3) is 0 Å². The Morgan fingerprint density at radius 1 is 1.25 bits per heavy atom. The third-order valence-corrected chi connectivity index (χ3v) is 2.97. The minimum absolute atomic E-state index is 0.0878. The Bertz CT molecular complexity index is 671. The van der Waals surface area contributed by atoms with Crippen LogP contribution in [0.2, 0.25) is 0 Å². The van der Waals surface area contributed by atoms with Gasteiger partial charge in [-0.2, -0.15) is 0 Å². The Balaban J connectivity index is 2.51. The lowest BCUT2D eigenvalue weighted by molar-refractivity contribution is -0.383. The van der Waals surface area contributed by atoms with Crippen LogP contribution >= 0.6 is 15.9 Å². The summed E-state index contributed by atoms with van der Waals surface area (Å²) >= 11 is 2.95. The number of hydrogen-bond acceptors (Lipinski definition) is 4. The van der Waals surface area contributed by atoms with Crippen molar-refractivity contribution in [1.29, 1.82) is 0 Å². The van der Waals surface area contributed by atoms with Crippen LogP contribution in [0.3, 0.4) is 0 Å². The van der Waals surface area contributed by atoms with Crippen molar-refractivity contribution in [2.45, 2.75) is 0 Å². The van der Waals surface area contributed by atoms with E-state index in [1.165, 1.54) is 18.2 Å². The largest absolute Gasteiger partial charge is 0.393 e. The van der Waals surface area contributed by atoms with Gasteiger partial charge in [-0.1, -0.05) is 22.0 Å². The molecule has 0 unspecified atom stereocenters. The van der Waals surface area contributed by atoms with E-state index in [9.17, 15) is 18.9 Å². The highest BCUT2D eigenvalue weighted by Gasteiger charge is 2.20. The highest BCUT2D eigenvalue weighted by atomic mass is 79.9. The molecule has 0 bridgehead atoms. The number of para-hydroxylation sites is 1. The van der Waals surface area contributed by atoms with Gasteiger partial charge in [0.05, 0.1) is 4.92 Å². The summed E-state index contributed by atoms with van der Waals surface area (Å²) in [6.45, 7) is 0. The number of nitrogens with two attached hydrogens (primary N) is 1. The second-order valence-corrected chi connectivity index (χ2v) is 4.79. The van der Waals surface area contributed by atoms with Crippen LogP contribution in [-0.4, -0.2) is 4.92 Å². The van der Waals surface area contributed by atoms with Crippen molar-refractivity contribution in [2.24, 2.45) is 0 Å². The van der Waals surface area contributed by atoms with Crippen LogP contribution in [0.25, 0.3) is 0 Å². The molecule has 0 radical (unpaired) electrons. The number of anilines is 3. The average molecular weight is 344 g/mol. The molecule has 20 heavy (non-hydrogen) atoms. The molecule has 5 nitrogen and oxygen atoms in total. The van der Waals surface area contributed by atoms with E-state index < -0.39 is 27.9 Å². The Morgan fingerprint density at radius 2 is 1.85 bits per heavy atom. The molecule has 0 aromatic heterocycles.